The largest absolute Gasteiger partial charge is 0.441 e. The van der Waals surface area contributed by atoms with E-state index in [1.165, 1.54) is 5.56 Å². The second kappa shape index (κ2) is 9.79. The zero-order chi connectivity index (χ0) is 21.6. The normalized spacial score (nSPS) is 14.1. The van der Waals surface area contributed by atoms with E-state index in [4.69, 9.17) is 9.15 Å². The van der Waals surface area contributed by atoms with E-state index >= 15 is 0 Å². The van der Waals surface area contributed by atoms with E-state index in [0.717, 1.165) is 35.8 Å². The molecule has 1 N–H and O–H groups in total. The Morgan fingerprint density at radius 3 is 2.58 bits per heavy atom. The molecule has 0 radical (unpaired) electrons. The van der Waals surface area contributed by atoms with Crippen LogP contribution in [-0.2, 0) is 16.0 Å². The number of amides is 1. The average molecular weight is 420 g/mol. The number of benzene rings is 2. The summed E-state index contributed by atoms with van der Waals surface area (Å²) in [6, 6.07) is 16.2. The van der Waals surface area contributed by atoms with Gasteiger partial charge in [-0.1, -0.05) is 50.2 Å². The molecule has 3 aromatic rings. The van der Waals surface area contributed by atoms with Gasteiger partial charge in [-0.2, -0.15) is 0 Å². The fourth-order valence-electron chi connectivity index (χ4n) is 3.68. The van der Waals surface area contributed by atoms with Gasteiger partial charge in [-0.3, -0.25) is 4.79 Å². The number of ether oxygens (including phenoxy) is 1. The van der Waals surface area contributed by atoms with Crippen LogP contribution in [0.25, 0.3) is 11.3 Å². The van der Waals surface area contributed by atoms with Crippen LogP contribution >= 0.6 is 0 Å². The van der Waals surface area contributed by atoms with Gasteiger partial charge in [0.05, 0.1) is 30.8 Å². The number of carbonyl (C=O) groups excluding carboxylic acids is 1. The summed E-state index contributed by atoms with van der Waals surface area (Å²) in [5.74, 6) is 1.73. The number of anilines is 2. The monoisotopic (exact) mass is 419 g/mol. The van der Waals surface area contributed by atoms with Crippen LogP contribution in [0.5, 0.6) is 0 Å². The smallest absolute Gasteiger partial charge is 0.224 e. The summed E-state index contributed by atoms with van der Waals surface area (Å²) < 4.78 is 11.3. The molecule has 0 saturated carbocycles. The van der Waals surface area contributed by atoms with Gasteiger partial charge in [-0.15, -0.1) is 0 Å². The van der Waals surface area contributed by atoms with Gasteiger partial charge >= 0.3 is 0 Å². The van der Waals surface area contributed by atoms with Crippen molar-refractivity contribution in [3.63, 3.8) is 0 Å². The number of hydrogen-bond donors (Lipinski definition) is 1. The Morgan fingerprint density at radius 2 is 1.84 bits per heavy atom. The summed E-state index contributed by atoms with van der Waals surface area (Å²) in [5, 5.41) is 3.04. The fourth-order valence-corrected chi connectivity index (χ4v) is 3.68. The van der Waals surface area contributed by atoms with Gasteiger partial charge < -0.3 is 19.4 Å². The van der Waals surface area contributed by atoms with Crippen molar-refractivity contribution >= 4 is 17.3 Å². The van der Waals surface area contributed by atoms with Gasteiger partial charge in [0.15, 0.2) is 11.7 Å². The molecular weight excluding hydrogens is 390 g/mol. The molecule has 0 bridgehead atoms. The van der Waals surface area contributed by atoms with E-state index in [1.807, 2.05) is 24.3 Å². The first-order valence-electron chi connectivity index (χ1n) is 10.9. The van der Waals surface area contributed by atoms with Crippen molar-refractivity contribution in [2.75, 3.05) is 36.5 Å². The molecule has 1 aromatic heterocycles. The second-order valence-corrected chi connectivity index (χ2v) is 8.06. The number of aromatic nitrogens is 1. The number of oxazole rings is 1. The quantitative estimate of drug-likeness (QED) is 0.592. The molecule has 31 heavy (non-hydrogen) atoms. The Kier molecular flexibility index (Phi) is 6.67. The van der Waals surface area contributed by atoms with E-state index in [9.17, 15) is 4.79 Å². The molecule has 1 saturated heterocycles. The molecule has 6 heteroatoms. The number of nitrogens with zero attached hydrogens (tertiary/aromatic N) is 2. The van der Waals surface area contributed by atoms with Crippen LogP contribution in [0.3, 0.4) is 0 Å². The Bertz CT molecular complexity index is 1000. The van der Waals surface area contributed by atoms with Crippen LogP contribution in [0.1, 0.15) is 37.6 Å². The number of nitrogens with one attached hydrogen (secondary N) is 1. The Labute approximate surface area is 183 Å². The molecule has 0 atom stereocenters. The molecule has 162 valence electrons. The molecule has 6 nitrogen and oxygen atoms in total. The maximum absolute atomic E-state index is 12.6. The van der Waals surface area contributed by atoms with E-state index in [0.29, 0.717) is 37.9 Å². The van der Waals surface area contributed by atoms with Gasteiger partial charge in [0.1, 0.15) is 0 Å². The summed E-state index contributed by atoms with van der Waals surface area (Å²) in [5.41, 5.74) is 4.14. The summed E-state index contributed by atoms with van der Waals surface area (Å²) in [6.45, 7) is 7.40. The van der Waals surface area contributed by atoms with Crippen LogP contribution < -0.4 is 10.2 Å². The molecule has 1 amide bonds. The van der Waals surface area contributed by atoms with Gasteiger partial charge in [-0.05, 0) is 23.6 Å². The zero-order valence-corrected chi connectivity index (χ0v) is 18.1. The maximum atomic E-state index is 12.6. The van der Waals surface area contributed by atoms with Crippen LogP contribution in [0.2, 0.25) is 0 Å². The predicted octanol–water partition coefficient (Wildman–Crippen LogP) is 4.87. The maximum Gasteiger partial charge on any atom is 0.224 e. The summed E-state index contributed by atoms with van der Waals surface area (Å²) >= 11 is 0. The van der Waals surface area contributed by atoms with Crippen LogP contribution in [0.4, 0.5) is 11.4 Å². The number of para-hydroxylation sites is 2. The second-order valence-electron chi connectivity index (χ2n) is 8.06. The first kappa shape index (κ1) is 21.1. The molecule has 0 unspecified atom stereocenters. The third kappa shape index (κ3) is 5.33. The molecule has 0 spiro atoms. The Balaban J connectivity index is 1.35. The van der Waals surface area contributed by atoms with E-state index < -0.39 is 0 Å². The van der Waals surface area contributed by atoms with Crippen molar-refractivity contribution in [1.29, 1.82) is 0 Å². The van der Waals surface area contributed by atoms with E-state index in [1.54, 1.807) is 6.20 Å². The van der Waals surface area contributed by atoms with Crippen molar-refractivity contribution in [2.45, 2.75) is 32.6 Å². The molecule has 2 heterocycles. The van der Waals surface area contributed by atoms with Crippen LogP contribution in [-0.4, -0.2) is 37.2 Å². The highest BCUT2D eigenvalue weighted by atomic mass is 16.5. The van der Waals surface area contributed by atoms with Crippen molar-refractivity contribution < 1.29 is 13.9 Å². The Morgan fingerprint density at radius 1 is 1.10 bits per heavy atom. The zero-order valence-electron chi connectivity index (χ0n) is 18.1. The average Bonchev–Trinajstić information content (AvgIpc) is 3.28. The number of aryl methyl sites for hydroxylation is 1. The SMILES string of the molecule is CC(C)c1ccc(-c2cnc(CCC(=O)Nc3ccccc3N3CCOCC3)o2)cc1. The molecule has 4 rings (SSSR count). The summed E-state index contributed by atoms with van der Waals surface area (Å²) in [4.78, 5) is 19.2. The highest BCUT2D eigenvalue weighted by Crippen LogP contribution is 2.27. The fraction of sp³-hybridized carbons (Fsp3) is 0.360. The van der Waals surface area contributed by atoms with Crippen molar-refractivity contribution in [3.05, 3.63) is 66.2 Å². The minimum atomic E-state index is -0.0539. The van der Waals surface area contributed by atoms with Crippen molar-refractivity contribution in [3.8, 4) is 11.3 Å². The first-order chi connectivity index (χ1) is 15.1. The lowest BCUT2D eigenvalue weighted by Crippen LogP contribution is -2.36. The van der Waals surface area contributed by atoms with Gasteiger partial charge in [0, 0.05) is 31.5 Å². The van der Waals surface area contributed by atoms with E-state index in [2.05, 4.69) is 53.3 Å². The lowest BCUT2D eigenvalue weighted by atomic mass is 10.0. The van der Waals surface area contributed by atoms with Crippen molar-refractivity contribution in [1.82, 2.24) is 4.98 Å². The van der Waals surface area contributed by atoms with E-state index in [-0.39, 0.29) is 5.91 Å². The van der Waals surface area contributed by atoms with Crippen LogP contribution in [0, 0.1) is 0 Å². The highest BCUT2D eigenvalue weighted by Gasteiger charge is 2.16. The van der Waals surface area contributed by atoms with Gasteiger partial charge in [0.2, 0.25) is 5.91 Å². The standard InChI is InChI=1S/C25H29N3O3/c1-18(2)19-7-9-20(10-8-19)23-17-26-25(31-23)12-11-24(29)27-21-5-3-4-6-22(21)28-13-15-30-16-14-28/h3-10,17-18H,11-16H2,1-2H3,(H,27,29). The Hall–Kier alpha value is -3.12. The molecule has 1 aliphatic heterocycles. The number of morpholine rings is 1. The van der Waals surface area contributed by atoms with Crippen LogP contribution in [0.15, 0.2) is 59.1 Å². The third-order valence-corrected chi connectivity index (χ3v) is 5.51. The molecule has 1 aliphatic rings. The minimum absolute atomic E-state index is 0.0539. The molecule has 1 fully saturated rings. The lowest BCUT2D eigenvalue weighted by molar-refractivity contribution is -0.116. The summed E-state index contributed by atoms with van der Waals surface area (Å²) in [6.07, 6.45) is 2.49. The first-order valence-corrected chi connectivity index (χ1v) is 10.9. The topological polar surface area (TPSA) is 67.6 Å². The molecule has 0 aliphatic carbocycles. The van der Waals surface area contributed by atoms with Crippen molar-refractivity contribution in [2.24, 2.45) is 0 Å². The molecular formula is C25H29N3O3. The molecule has 2 aromatic carbocycles. The lowest BCUT2D eigenvalue weighted by Gasteiger charge is -2.30. The number of carbonyl (C=O) groups is 1. The summed E-state index contributed by atoms with van der Waals surface area (Å²) in [7, 11) is 0. The van der Waals surface area contributed by atoms with Gasteiger partial charge in [-0.25, -0.2) is 4.98 Å². The highest BCUT2D eigenvalue weighted by molar-refractivity contribution is 5.94. The number of rotatable bonds is 7. The van der Waals surface area contributed by atoms with Gasteiger partial charge in [0.25, 0.3) is 0 Å². The number of hydrogen-bond acceptors (Lipinski definition) is 5. The predicted molar refractivity (Wildman–Crippen MR) is 122 cm³/mol. The third-order valence-electron chi connectivity index (χ3n) is 5.51. The minimum Gasteiger partial charge on any atom is -0.441 e.